The van der Waals surface area contributed by atoms with E-state index in [2.05, 4.69) is 60.4 Å². The van der Waals surface area contributed by atoms with Crippen molar-refractivity contribution in [1.82, 2.24) is 39.3 Å². The van der Waals surface area contributed by atoms with Crippen LogP contribution in [0.1, 0.15) is 30.5 Å². The number of anilines is 3. The highest BCUT2D eigenvalue weighted by Gasteiger charge is 2.23. The number of aromatic nitrogens is 6. The van der Waals surface area contributed by atoms with Gasteiger partial charge in [-0.3, -0.25) is 14.3 Å². The highest BCUT2D eigenvalue weighted by atomic mass is 16.2. The number of rotatable bonds is 7. The lowest BCUT2D eigenvalue weighted by molar-refractivity contribution is -0.129. The van der Waals surface area contributed by atoms with Gasteiger partial charge >= 0.3 is 0 Å². The van der Waals surface area contributed by atoms with Crippen molar-refractivity contribution in [3.8, 4) is 23.1 Å². The van der Waals surface area contributed by atoms with Crippen molar-refractivity contribution in [3.05, 3.63) is 78.2 Å². The first-order valence-corrected chi connectivity index (χ1v) is 15.9. The van der Waals surface area contributed by atoms with E-state index in [1.165, 1.54) is 5.56 Å². The number of nitrogens with two attached hydrogens (primary N) is 1. The Labute approximate surface area is 272 Å². The van der Waals surface area contributed by atoms with E-state index in [0.29, 0.717) is 49.3 Å². The average molecular weight is 629 g/mol. The molecule has 2 saturated heterocycles. The average Bonchev–Trinajstić information content (AvgIpc) is 3.39. The van der Waals surface area contributed by atoms with Crippen molar-refractivity contribution in [1.29, 1.82) is 5.26 Å². The standard InChI is InChI=1S/C34H36N12O/c1-43-19-20-45(18-13-30(43)47)29-9-8-28-33(42-29)46(32(41-28)27-3-2-14-37-31(27)36)26-6-4-23(5-7-26)22-44-16-11-24(12-17-44)39-34-38-15-10-25(21-35)40-34/h2-10,14-15,24H,11-13,16-20,22H2,1H3,(H2,36,37)(H,38,39,40). The predicted octanol–water partition coefficient (Wildman–Crippen LogP) is 3.47. The lowest BCUT2D eigenvalue weighted by atomic mass is 10.0. The second kappa shape index (κ2) is 13.0. The van der Waals surface area contributed by atoms with Crippen molar-refractivity contribution in [2.75, 3.05) is 55.7 Å². The van der Waals surface area contributed by atoms with E-state index in [4.69, 9.17) is 21.0 Å². The minimum Gasteiger partial charge on any atom is -0.383 e. The molecule has 0 unspecified atom stereocenters. The third-order valence-electron chi connectivity index (χ3n) is 8.91. The molecule has 0 radical (unpaired) electrons. The first-order valence-electron chi connectivity index (χ1n) is 15.9. The van der Waals surface area contributed by atoms with Crippen LogP contribution in [0.3, 0.4) is 0 Å². The number of nitrogens with zero attached hydrogens (tertiary/aromatic N) is 10. The number of amides is 1. The summed E-state index contributed by atoms with van der Waals surface area (Å²) < 4.78 is 2.05. The number of nitrogens with one attached hydrogen (secondary N) is 1. The van der Waals surface area contributed by atoms with Crippen LogP contribution in [0.5, 0.6) is 0 Å². The smallest absolute Gasteiger partial charge is 0.224 e. The fourth-order valence-electron chi connectivity index (χ4n) is 6.23. The summed E-state index contributed by atoms with van der Waals surface area (Å²) in [6.07, 6.45) is 5.66. The van der Waals surface area contributed by atoms with E-state index in [1.54, 1.807) is 23.4 Å². The maximum Gasteiger partial charge on any atom is 0.224 e. The molecular formula is C34H36N12O. The van der Waals surface area contributed by atoms with E-state index in [1.807, 2.05) is 35.9 Å². The number of piperidine rings is 1. The number of carbonyl (C=O) groups is 1. The summed E-state index contributed by atoms with van der Waals surface area (Å²) in [4.78, 5) is 41.6. The van der Waals surface area contributed by atoms with Gasteiger partial charge in [-0.05, 0) is 60.9 Å². The molecule has 3 N–H and O–H groups in total. The Bertz CT molecular complexity index is 1940. The molecule has 2 aliphatic heterocycles. The maximum absolute atomic E-state index is 12.3. The quantitative estimate of drug-likeness (QED) is 0.272. The van der Waals surface area contributed by atoms with Crippen LogP contribution in [-0.2, 0) is 11.3 Å². The van der Waals surface area contributed by atoms with E-state index in [-0.39, 0.29) is 11.9 Å². The van der Waals surface area contributed by atoms with Crippen molar-refractivity contribution < 1.29 is 4.79 Å². The predicted molar refractivity (Wildman–Crippen MR) is 180 cm³/mol. The minimum absolute atomic E-state index is 0.144. The zero-order valence-corrected chi connectivity index (χ0v) is 26.2. The third kappa shape index (κ3) is 6.41. The van der Waals surface area contributed by atoms with Crippen LogP contribution in [0.15, 0.2) is 67.0 Å². The van der Waals surface area contributed by atoms with Gasteiger partial charge in [0.05, 0.1) is 5.56 Å². The SMILES string of the molecule is CN1CCN(c2ccc3nc(-c4cccnc4N)n(-c4ccc(CN5CCC(Nc6nccc(C#N)n6)CC5)cc4)c3n2)CCC1=O. The Morgan fingerprint density at radius 2 is 1.77 bits per heavy atom. The Morgan fingerprint density at radius 1 is 0.936 bits per heavy atom. The Kier molecular flexibility index (Phi) is 8.33. The number of likely N-dealkylation sites (N-methyl/N-ethyl adjacent to an activating group) is 1. The second-order valence-corrected chi connectivity index (χ2v) is 12.0. The summed E-state index contributed by atoms with van der Waals surface area (Å²) in [6.45, 7) is 4.70. The Hall–Kier alpha value is -5.61. The van der Waals surface area contributed by atoms with E-state index in [0.717, 1.165) is 60.7 Å². The van der Waals surface area contributed by atoms with Crippen molar-refractivity contribution in [2.45, 2.75) is 31.8 Å². The number of hydrogen-bond donors (Lipinski definition) is 2. The molecule has 0 saturated carbocycles. The minimum atomic E-state index is 0.144. The molecule has 238 valence electrons. The summed E-state index contributed by atoms with van der Waals surface area (Å²) in [5.41, 5.74) is 11.0. The zero-order chi connectivity index (χ0) is 32.3. The maximum atomic E-state index is 12.3. The number of carbonyl (C=O) groups excluding carboxylic acids is 1. The highest BCUT2D eigenvalue weighted by Crippen LogP contribution is 2.32. The molecule has 2 fully saturated rings. The zero-order valence-electron chi connectivity index (χ0n) is 26.2. The van der Waals surface area contributed by atoms with Gasteiger partial charge in [0, 0.05) is 76.9 Å². The number of hydrogen-bond acceptors (Lipinski definition) is 11. The van der Waals surface area contributed by atoms with E-state index in [9.17, 15) is 4.79 Å². The molecule has 0 aliphatic carbocycles. The topological polar surface area (TPSA) is 158 Å². The normalized spacial score (nSPS) is 16.3. The lowest BCUT2D eigenvalue weighted by Gasteiger charge is -2.32. The fourth-order valence-corrected chi connectivity index (χ4v) is 6.23. The van der Waals surface area contributed by atoms with Crippen LogP contribution in [-0.4, -0.2) is 91.0 Å². The molecule has 13 heteroatoms. The molecule has 0 bridgehead atoms. The van der Waals surface area contributed by atoms with Crippen LogP contribution in [0.2, 0.25) is 0 Å². The van der Waals surface area contributed by atoms with Crippen LogP contribution < -0.4 is 16.0 Å². The Balaban J connectivity index is 1.12. The van der Waals surface area contributed by atoms with Crippen molar-refractivity contribution in [2.24, 2.45) is 0 Å². The summed E-state index contributed by atoms with van der Waals surface area (Å²) >= 11 is 0. The molecular weight excluding hydrogens is 592 g/mol. The third-order valence-corrected chi connectivity index (χ3v) is 8.91. The molecule has 0 spiro atoms. The molecule has 5 aromatic rings. The van der Waals surface area contributed by atoms with E-state index >= 15 is 0 Å². The first kappa shape index (κ1) is 30.1. The van der Waals surface area contributed by atoms with Gasteiger partial charge in [-0.15, -0.1) is 0 Å². The van der Waals surface area contributed by atoms with Crippen molar-refractivity contribution >= 4 is 34.7 Å². The number of benzene rings is 1. The number of fused-ring (bicyclic) bond motifs is 1. The molecule has 0 atom stereocenters. The summed E-state index contributed by atoms with van der Waals surface area (Å²) in [5.74, 6) is 2.54. The molecule has 6 heterocycles. The van der Waals surface area contributed by atoms with Gasteiger partial charge in [-0.25, -0.2) is 24.9 Å². The fraction of sp³-hybridized carbons (Fsp3) is 0.324. The van der Waals surface area contributed by atoms with Gasteiger partial charge in [-0.2, -0.15) is 5.26 Å². The van der Waals surface area contributed by atoms with Gasteiger partial charge in [0.15, 0.2) is 11.5 Å². The second-order valence-electron chi connectivity index (χ2n) is 12.0. The van der Waals surface area contributed by atoms with Gasteiger partial charge < -0.3 is 20.9 Å². The number of pyridine rings is 2. The number of nitriles is 1. The largest absolute Gasteiger partial charge is 0.383 e. The van der Waals surface area contributed by atoms with E-state index < -0.39 is 0 Å². The van der Waals surface area contributed by atoms with Gasteiger partial charge in [0.25, 0.3) is 0 Å². The molecule has 13 nitrogen and oxygen atoms in total. The van der Waals surface area contributed by atoms with Crippen LogP contribution in [0.25, 0.3) is 28.2 Å². The number of nitrogen functional groups attached to an aromatic ring is 1. The number of likely N-dealkylation sites (tertiary alicyclic amines) is 1. The summed E-state index contributed by atoms with van der Waals surface area (Å²) in [6, 6.07) is 20.2. The number of imidazole rings is 1. The highest BCUT2D eigenvalue weighted by molar-refractivity contribution is 5.84. The summed E-state index contributed by atoms with van der Waals surface area (Å²) in [7, 11) is 1.85. The first-order chi connectivity index (χ1) is 22.9. The molecule has 1 aromatic carbocycles. The Morgan fingerprint density at radius 3 is 2.55 bits per heavy atom. The van der Waals surface area contributed by atoms with Gasteiger partial charge in [-0.1, -0.05) is 12.1 Å². The van der Waals surface area contributed by atoms with Gasteiger partial charge in [0.2, 0.25) is 11.9 Å². The van der Waals surface area contributed by atoms with Gasteiger partial charge in [0.1, 0.15) is 28.9 Å². The molecule has 47 heavy (non-hydrogen) atoms. The van der Waals surface area contributed by atoms with Crippen LogP contribution in [0, 0.1) is 11.3 Å². The van der Waals surface area contributed by atoms with Crippen molar-refractivity contribution in [3.63, 3.8) is 0 Å². The molecule has 4 aromatic heterocycles. The molecule has 1 amide bonds. The molecule has 2 aliphatic rings. The van der Waals surface area contributed by atoms with Crippen LogP contribution in [0.4, 0.5) is 17.6 Å². The molecule has 7 rings (SSSR count). The van der Waals surface area contributed by atoms with Crippen LogP contribution >= 0.6 is 0 Å². The lowest BCUT2D eigenvalue weighted by Crippen LogP contribution is -2.39. The summed E-state index contributed by atoms with van der Waals surface area (Å²) in [5, 5.41) is 12.5. The monoisotopic (exact) mass is 628 g/mol.